The summed E-state index contributed by atoms with van der Waals surface area (Å²) in [6.07, 6.45) is 4.00. The van der Waals surface area contributed by atoms with E-state index in [1.165, 1.54) is 6.42 Å². The summed E-state index contributed by atoms with van der Waals surface area (Å²) in [6.45, 7) is 3.26. The van der Waals surface area contributed by atoms with Crippen molar-refractivity contribution >= 4 is 44.5 Å². The molecule has 1 aliphatic heterocycles. The Morgan fingerprint density at radius 3 is 2.78 bits per heavy atom. The van der Waals surface area contributed by atoms with Crippen LogP contribution < -0.4 is 14.8 Å². The first kappa shape index (κ1) is 25.3. The molecule has 37 heavy (non-hydrogen) atoms. The summed E-state index contributed by atoms with van der Waals surface area (Å²) in [4.78, 5) is 6.74. The standard InChI is InChI=1S/C26H29ClN6O3S/c1-3-37(34,35)31-23-9-5-4-8-21(23)24-13-11-19-16-28-26(30-33(19)24)29-18-10-12-22(27)25(15-18)36-17-20-7-6-14-32(20)2/h4-5,8-13,15-16,20,31H,3,6-7,14,17H2,1-2H3,(H,29,30). The number of benzene rings is 2. The second-order valence-electron chi connectivity index (χ2n) is 9.05. The Kier molecular flexibility index (Phi) is 7.23. The SMILES string of the molecule is CCS(=O)(=O)Nc1ccccc1-c1ccc2cnc(Nc3ccc(Cl)c(OCC4CCCN4C)c3)nn12. The third-order valence-electron chi connectivity index (χ3n) is 6.54. The molecule has 194 valence electrons. The summed E-state index contributed by atoms with van der Waals surface area (Å²) >= 11 is 6.39. The Balaban J connectivity index is 1.40. The summed E-state index contributed by atoms with van der Waals surface area (Å²) in [5.74, 6) is 0.962. The number of ether oxygens (including phenoxy) is 1. The van der Waals surface area contributed by atoms with Crippen LogP contribution in [0.5, 0.6) is 5.75 Å². The smallest absolute Gasteiger partial charge is 0.245 e. The summed E-state index contributed by atoms with van der Waals surface area (Å²) in [5, 5.41) is 8.44. The molecule has 0 radical (unpaired) electrons. The Labute approximate surface area is 221 Å². The highest BCUT2D eigenvalue weighted by Gasteiger charge is 2.22. The van der Waals surface area contributed by atoms with Gasteiger partial charge < -0.3 is 15.0 Å². The first-order valence-electron chi connectivity index (χ1n) is 12.2. The van der Waals surface area contributed by atoms with Crippen LogP contribution in [-0.4, -0.2) is 59.9 Å². The van der Waals surface area contributed by atoms with Gasteiger partial charge in [0.15, 0.2) is 0 Å². The van der Waals surface area contributed by atoms with E-state index >= 15 is 0 Å². The summed E-state index contributed by atoms with van der Waals surface area (Å²) in [7, 11) is -1.33. The van der Waals surface area contributed by atoms with Crippen molar-refractivity contribution in [3.8, 4) is 17.0 Å². The summed E-state index contributed by atoms with van der Waals surface area (Å²) in [5.41, 5.74) is 3.45. The fraction of sp³-hybridized carbons (Fsp3) is 0.308. The molecule has 2 aromatic heterocycles. The lowest BCUT2D eigenvalue weighted by Gasteiger charge is -2.20. The number of anilines is 3. The second kappa shape index (κ2) is 10.6. The molecular formula is C26H29ClN6O3S. The van der Waals surface area contributed by atoms with Crippen molar-refractivity contribution in [2.24, 2.45) is 0 Å². The van der Waals surface area contributed by atoms with Crippen molar-refractivity contribution in [3.63, 3.8) is 0 Å². The predicted molar refractivity (Wildman–Crippen MR) is 147 cm³/mol. The molecule has 9 nitrogen and oxygen atoms in total. The second-order valence-corrected chi connectivity index (χ2v) is 11.5. The number of rotatable bonds is 9. The van der Waals surface area contributed by atoms with E-state index in [0.29, 0.717) is 40.6 Å². The average molecular weight is 541 g/mol. The Bertz CT molecular complexity index is 1520. The van der Waals surface area contributed by atoms with Crippen molar-refractivity contribution < 1.29 is 13.2 Å². The van der Waals surface area contributed by atoms with Crippen molar-refractivity contribution in [2.45, 2.75) is 25.8 Å². The van der Waals surface area contributed by atoms with Gasteiger partial charge >= 0.3 is 0 Å². The molecule has 0 aliphatic carbocycles. The van der Waals surface area contributed by atoms with E-state index in [-0.39, 0.29) is 5.75 Å². The molecule has 1 aliphatic rings. The number of halogens is 1. The quantitative estimate of drug-likeness (QED) is 0.307. The summed E-state index contributed by atoms with van der Waals surface area (Å²) in [6, 6.07) is 16.9. The van der Waals surface area contributed by atoms with Gasteiger partial charge in [-0.2, -0.15) is 0 Å². The van der Waals surface area contributed by atoms with Crippen LogP contribution in [0.3, 0.4) is 0 Å². The molecule has 2 N–H and O–H groups in total. The molecule has 0 bridgehead atoms. The van der Waals surface area contributed by atoms with E-state index in [1.54, 1.807) is 35.8 Å². The molecule has 0 saturated carbocycles. The number of hydrogen-bond acceptors (Lipinski definition) is 7. The van der Waals surface area contributed by atoms with Gasteiger partial charge in [0.1, 0.15) is 12.4 Å². The van der Waals surface area contributed by atoms with Crippen LogP contribution in [0.1, 0.15) is 19.8 Å². The number of nitrogens with zero attached hydrogens (tertiary/aromatic N) is 4. The van der Waals surface area contributed by atoms with E-state index in [2.05, 4.69) is 32.1 Å². The maximum Gasteiger partial charge on any atom is 0.245 e. The number of nitrogens with one attached hydrogen (secondary N) is 2. The fourth-order valence-electron chi connectivity index (χ4n) is 4.39. The number of sulfonamides is 1. The van der Waals surface area contributed by atoms with E-state index in [9.17, 15) is 8.42 Å². The van der Waals surface area contributed by atoms with Gasteiger partial charge in [-0.3, -0.25) is 4.72 Å². The van der Waals surface area contributed by atoms with Crippen molar-refractivity contribution in [2.75, 3.05) is 36.0 Å². The van der Waals surface area contributed by atoms with Crippen LogP contribution >= 0.6 is 11.6 Å². The zero-order valence-electron chi connectivity index (χ0n) is 20.7. The van der Waals surface area contributed by atoms with E-state index in [0.717, 1.165) is 29.9 Å². The van der Waals surface area contributed by atoms with Gasteiger partial charge in [-0.1, -0.05) is 29.8 Å². The molecule has 1 unspecified atom stereocenters. The minimum atomic E-state index is -3.44. The van der Waals surface area contributed by atoms with Crippen LogP contribution in [-0.2, 0) is 10.0 Å². The van der Waals surface area contributed by atoms with E-state index in [1.807, 2.05) is 36.4 Å². The van der Waals surface area contributed by atoms with E-state index in [4.69, 9.17) is 16.3 Å². The Hall–Kier alpha value is -3.34. The maximum absolute atomic E-state index is 12.2. The van der Waals surface area contributed by atoms with Crippen LogP contribution in [0.25, 0.3) is 16.8 Å². The maximum atomic E-state index is 12.2. The van der Waals surface area contributed by atoms with Crippen molar-refractivity contribution in [1.82, 2.24) is 19.5 Å². The monoisotopic (exact) mass is 540 g/mol. The molecule has 2 aromatic carbocycles. The highest BCUT2D eigenvalue weighted by Crippen LogP contribution is 2.32. The van der Waals surface area contributed by atoms with Gasteiger partial charge in [0.25, 0.3) is 0 Å². The van der Waals surface area contributed by atoms with Crippen LogP contribution in [0.15, 0.2) is 60.8 Å². The summed E-state index contributed by atoms with van der Waals surface area (Å²) < 4.78 is 34.9. The van der Waals surface area contributed by atoms with Gasteiger partial charge in [0.2, 0.25) is 16.0 Å². The number of hydrogen-bond donors (Lipinski definition) is 2. The topological polar surface area (TPSA) is 101 Å². The molecule has 1 fully saturated rings. The minimum Gasteiger partial charge on any atom is -0.490 e. The zero-order valence-corrected chi connectivity index (χ0v) is 22.3. The average Bonchev–Trinajstić information content (AvgIpc) is 3.50. The predicted octanol–water partition coefficient (Wildman–Crippen LogP) is 5.03. The normalized spacial score (nSPS) is 16.2. The fourth-order valence-corrected chi connectivity index (χ4v) is 5.22. The number of likely N-dealkylation sites (tertiary alicyclic amines) is 1. The number of aromatic nitrogens is 3. The molecule has 1 atom stereocenters. The third kappa shape index (κ3) is 5.66. The molecule has 3 heterocycles. The first-order valence-corrected chi connectivity index (χ1v) is 14.2. The number of fused-ring (bicyclic) bond motifs is 1. The lowest BCUT2D eigenvalue weighted by atomic mass is 10.1. The highest BCUT2D eigenvalue weighted by atomic mass is 35.5. The Morgan fingerprint density at radius 1 is 1.16 bits per heavy atom. The van der Waals surface area contributed by atoms with Crippen molar-refractivity contribution in [3.05, 3.63) is 65.8 Å². The van der Waals surface area contributed by atoms with Gasteiger partial charge in [0, 0.05) is 23.4 Å². The third-order valence-corrected chi connectivity index (χ3v) is 8.14. The lowest BCUT2D eigenvalue weighted by molar-refractivity contribution is 0.198. The van der Waals surface area contributed by atoms with Crippen LogP contribution in [0.2, 0.25) is 5.02 Å². The number of likely N-dealkylation sites (N-methyl/N-ethyl adjacent to an activating group) is 1. The van der Waals surface area contributed by atoms with Crippen LogP contribution in [0.4, 0.5) is 17.3 Å². The van der Waals surface area contributed by atoms with Gasteiger partial charge in [-0.25, -0.2) is 17.9 Å². The zero-order chi connectivity index (χ0) is 26.0. The Morgan fingerprint density at radius 2 is 2.00 bits per heavy atom. The molecule has 0 spiro atoms. The van der Waals surface area contributed by atoms with Crippen molar-refractivity contribution in [1.29, 1.82) is 0 Å². The highest BCUT2D eigenvalue weighted by molar-refractivity contribution is 7.92. The molecular weight excluding hydrogens is 512 g/mol. The van der Waals surface area contributed by atoms with E-state index < -0.39 is 10.0 Å². The first-order chi connectivity index (χ1) is 17.8. The van der Waals surface area contributed by atoms with Gasteiger partial charge in [-0.15, -0.1) is 5.10 Å². The minimum absolute atomic E-state index is 0.0172. The number of para-hydroxylation sites is 1. The molecule has 11 heteroatoms. The molecule has 1 saturated heterocycles. The van der Waals surface area contributed by atoms with Gasteiger partial charge in [0.05, 0.1) is 33.9 Å². The van der Waals surface area contributed by atoms with Crippen LogP contribution in [0, 0.1) is 0 Å². The van der Waals surface area contributed by atoms with Gasteiger partial charge in [-0.05, 0) is 63.7 Å². The lowest BCUT2D eigenvalue weighted by Crippen LogP contribution is -2.30. The molecule has 0 amide bonds. The molecule has 5 rings (SSSR count). The molecule has 4 aromatic rings. The largest absolute Gasteiger partial charge is 0.490 e.